The monoisotopic (exact) mass is 310 g/mol. The van der Waals surface area contributed by atoms with E-state index in [4.69, 9.17) is 0 Å². The molecule has 0 aliphatic carbocycles. The minimum absolute atomic E-state index is 0.0391. The van der Waals surface area contributed by atoms with Gasteiger partial charge < -0.3 is 9.80 Å². The first-order valence-electron chi connectivity index (χ1n) is 7.12. The van der Waals surface area contributed by atoms with Gasteiger partial charge in [0.25, 0.3) is 0 Å². The fourth-order valence-electron chi connectivity index (χ4n) is 2.30. The van der Waals surface area contributed by atoms with Crippen LogP contribution in [0.2, 0.25) is 0 Å². The molecule has 21 heavy (non-hydrogen) atoms. The number of hydrogen-bond donors (Lipinski definition) is 0. The van der Waals surface area contributed by atoms with Gasteiger partial charge in [-0.1, -0.05) is 0 Å². The maximum Gasteiger partial charge on any atom is 0.245 e. The fraction of sp³-hybridized carbons (Fsp3) is 0.643. The van der Waals surface area contributed by atoms with Gasteiger partial charge in [-0.05, 0) is 18.9 Å². The van der Waals surface area contributed by atoms with Crippen molar-refractivity contribution in [3.05, 3.63) is 18.0 Å². The zero-order chi connectivity index (χ0) is 15.4. The largest absolute Gasteiger partial charge is 0.344 e. The van der Waals surface area contributed by atoms with Gasteiger partial charge in [0.05, 0.1) is 12.1 Å². The van der Waals surface area contributed by atoms with E-state index in [1.807, 2.05) is 20.2 Å². The van der Waals surface area contributed by atoms with Gasteiger partial charge in [-0.2, -0.15) is 5.10 Å². The third-order valence-corrected chi connectivity index (χ3v) is 4.74. The van der Waals surface area contributed by atoms with E-state index in [1.54, 1.807) is 39.5 Å². The molecule has 116 valence electrons. The van der Waals surface area contributed by atoms with E-state index in [2.05, 4.69) is 5.10 Å². The summed E-state index contributed by atoms with van der Waals surface area (Å²) in [5, 5.41) is 4.10. The van der Waals surface area contributed by atoms with Gasteiger partial charge in [-0.3, -0.25) is 14.3 Å². The lowest BCUT2D eigenvalue weighted by molar-refractivity contribution is -0.142. The molecule has 1 aliphatic rings. The molecule has 0 aromatic carbocycles. The Morgan fingerprint density at radius 3 is 2.90 bits per heavy atom. The van der Waals surface area contributed by atoms with Gasteiger partial charge in [0.15, 0.2) is 0 Å². The summed E-state index contributed by atoms with van der Waals surface area (Å²) in [7, 11) is 3.64. The summed E-state index contributed by atoms with van der Waals surface area (Å²) in [6.45, 7) is 2.60. The lowest BCUT2D eigenvalue weighted by atomic mass is 10.1. The molecule has 1 atom stereocenters. The fourth-order valence-corrected chi connectivity index (χ4v) is 3.47. The van der Waals surface area contributed by atoms with Crippen molar-refractivity contribution >= 4 is 23.6 Å². The molecule has 2 heterocycles. The molecule has 0 bridgehead atoms. The normalized spacial score (nSPS) is 18.0. The zero-order valence-corrected chi connectivity index (χ0v) is 13.6. The summed E-state index contributed by atoms with van der Waals surface area (Å²) in [5.41, 5.74) is 1.05. The molecule has 2 rings (SSSR count). The Hall–Kier alpha value is -1.50. The van der Waals surface area contributed by atoms with Gasteiger partial charge >= 0.3 is 0 Å². The van der Waals surface area contributed by atoms with E-state index in [-0.39, 0.29) is 17.9 Å². The van der Waals surface area contributed by atoms with Crippen molar-refractivity contribution in [1.82, 2.24) is 19.6 Å². The molecule has 7 heteroatoms. The van der Waals surface area contributed by atoms with E-state index in [0.717, 1.165) is 5.56 Å². The van der Waals surface area contributed by atoms with Crippen LogP contribution < -0.4 is 0 Å². The molecular formula is C14H22N4O2S. The van der Waals surface area contributed by atoms with Crippen LogP contribution in [0, 0.1) is 0 Å². The third-order valence-electron chi connectivity index (χ3n) is 3.72. The molecule has 0 radical (unpaired) electrons. The van der Waals surface area contributed by atoms with Crippen LogP contribution >= 0.6 is 11.8 Å². The number of nitrogens with zero attached hydrogens (tertiary/aromatic N) is 4. The van der Waals surface area contributed by atoms with Crippen molar-refractivity contribution in [3.63, 3.8) is 0 Å². The highest BCUT2D eigenvalue weighted by atomic mass is 32.2. The minimum atomic E-state index is -0.304. The van der Waals surface area contributed by atoms with Crippen molar-refractivity contribution < 1.29 is 9.59 Å². The second-order valence-corrected chi connectivity index (χ2v) is 6.25. The first-order valence-corrected chi connectivity index (χ1v) is 8.28. The van der Waals surface area contributed by atoms with Gasteiger partial charge in [0.1, 0.15) is 6.04 Å². The van der Waals surface area contributed by atoms with Crippen LogP contribution in [0.1, 0.15) is 18.9 Å². The van der Waals surface area contributed by atoms with E-state index < -0.39 is 0 Å². The van der Waals surface area contributed by atoms with E-state index in [1.165, 1.54) is 0 Å². The van der Waals surface area contributed by atoms with Gasteiger partial charge in [0.2, 0.25) is 11.8 Å². The number of aryl methyl sites for hydroxylation is 2. The third kappa shape index (κ3) is 3.78. The summed E-state index contributed by atoms with van der Waals surface area (Å²) >= 11 is 1.64. The lowest BCUT2D eigenvalue weighted by Crippen LogP contribution is -2.47. The second kappa shape index (κ2) is 6.98. The summed E-state index contributed by atoms with van der Waals surface area (Å²) in [6.07, 6.45) is 4.78. The molecular weight excluding hydrogens is 288 g/mol. The Morgan fingerprint density at radius 1 is 1.52 bits per heavy atom. The smallest absolute Gasteiger partial charge is 0.245 e. The molecule has 1 aromatic rings. The summed E-state index contributed by atoms with van der Waals surface area (Å²) in [5.74, 6) is 1.39. The van der Waals surface area contributed by atoms with Crippen LogP contribution in [0.15, 0.2) is 12.4 Å². The van der Waals surface area contributed by atoms with Crippen LogP contribution in [0.4, 0.5) is 0 Å². The molecule has 1 fully saturated rings. The Morgan fingerprint density at radius 2 is 2.29 bits per heavy atom. The maximum atomic E-state index is 12.4. The van der Waals surface area contributed by atoms with Crippen molar-refractivity contribution in [2.75, 3.05) is 25.2 Å². The van der Waals surface area contributed by atoms with Crippen LogP contribution in [-0.2, 0) is 23.1 Å². The number of thioether (sulfide) groups is 1. The number of carbonyl (C=O) groups is 2. The molecule has 2 amide bonds. The number of carbonyl (C=O) groups excluding carboxylic acids is 2. The van der Waals surface area contributed by atoms with Crippen LogP contribution in [-0.4, -0.2) is 62.7 Å². The van der Waals surface area contributed by atoms with Gasteiger partial charge in [0, 0.05) is 39.0 Å². The second-order valence-electron chi connectivity index (χ2n) is 5.25. The summed E-state index contributed by atoms with van der Waals surface area (Å²) < 4.78 is 1.73. The Balaban J connectivity index is 1.92. The number of likely N-dealkylation sites (N-methyl/N-ethyl adjacent to an activating group) is 1. The molecule has 1 aromatic heterocycles. The predicted molar refractivity (Wildman–Crippen MR) is 82.8 cm³/mol. The van der Waals surface area contributed by atoms with Crippen LogP contribution in [0.25, 0.3) is 0 Å². The average molecular weight is 310 g/mol. The van der Waals surface area contributed by atoms with E-state index >= 15 is 0 Å². The Bertz CT molecular complexity index is 517. The van der Waals surface area contributed by atoms with Gasteiger partial charge in [-0.15, -0.1) is 11.8 Å². The summed E-state index contributed by atoms with van der Waals surface area (Å²) in [4.78, 5) is 28.0. The molecule has 6 nitrogen and oxygen atoms in total. The van der Waals surface area contributed by atoms with Crippen molar-refractivity contribution in [2.24, 2.45) is 7.05 Å². The Labute approximate surface area is 129 Å². The van der Waals surface area contributed by atoms with Crippen molar-refractivity contribution in [2.45, 2.75) is 25.8 Å². The molecule has 0 N–H and O–H groups in total. The highest BCUT2D eigenvalue weighted by Crippen LogP contribution is 2.23. The lowest BCUT2D eigenvalue weighted by Gasteiger charge is -2.26. The highest BCUT2D eigenvalue weighted by Gasteiger charge is 2.35. The predicted octanol–water partition coefficient (Wildman–Crippen LogP) is 0.732. The molecule has 0 spiro atoms. The minimum Gasteiger partial charge on any atom is -0.344 e. The standard InChI is InChI=1S/C14H22N4O2S/c1-4-16(2)14(20)12-9-21-10-18(12)13(19)6-5-11-7-15-17(3)8-11/h7-8,12H,4-6,9-10H2,1-3H3/t12-/m1/s1. The average Bonchev–Trinajstić information content (AvgIpc) is 3.11. The topological polar surface area (TPSA) is 58.4 Å². The van der Waals surface area contributed by atoms with Gasteiger partial charge in [-0.25, -0.2) is 0 Å². The summed E-state index contributed by atoms with van der Waals surface area (Å²) in [6, 6.07) is -0.304. The van der Waals surface area contributed by atoms with E-state index in [0.29, 0.717) is 31.0 Å². The van der Waals surface area contributed by atoms with Crippen molar-refractivity contribution in [1.29, 1.82) is 0 Å². The van der Waals surface area contributed by atoms with Crippen LogP contribution in [0.5, 0.6) is 0 Å². The molecule has 0 saturated carbocycles. The molecule has 0 unspecified atom stereocenters. The van der Waals surface area contributed by atoms with Crippen molar-refractivity contribution in [3.8, 4) is 0 Å². The Kier molecular flexibility index (Phi) is 5.27. The first-order chi connectivity index (χ1) is 10.0. The number of aromatic nitrogens is 2. The first kappa shape index (κ1) is 15.9. The molecule has 1 aliphatic heterocycles. The van der Waals surface area contributed by atoms with Crippen LogP contribution in [0.3, 0.4) is 0 Å². The number of hydrogen-bond acceptors (Lipinski definition) is 4. The van der Waals surface area contributed by atoms with E-state index in [9.17, 15) is 9.59 Å². The highest BCUT2D eigenvalue weighted by molar-refractivity contribution is 7.99. The zero-order valence-electron chi connectivity index (χ0n) is 12.8. The number of rotatable bonds is 5. The maximum absolute atomic E-state index is 12.4. The molecule has 1 saturated heterocycles. The SMILES string of the molecule is CCN(C)C(=O)[C@H]1CSCN1C(=O)CCc1cnn(C)c1. The quantitative estimate of drug-likeness (QED) is 0.804. The number of amides is 2.